The Morgan fingerprint density at radius 1 is 1.15 bits per heavy atom. The molecule has 0 aliphatic carbocycles. The fraction of sp³-hybridized carbons (Fsp3) is 0.250. The molecule has 0 fully saturated rings. The van der Waals surface area contributed by atoms with Gasteiger partial charge < -0.3 is 10.6 Å². The lowest BCUT2D eigenvalue weighted by Gasteiger charge is -2.25. The van der Waals surface area contributed by atoms with Crippen LogP contribution in [-0.4, -0.2) is 17.9 Å². The summed E-state index contributed by atoms with van der Waals surface area (Å²) in [6.07, 6.45) is 3.34. The smallest absolute Gasteiger partial charge is 0.231 e. The zero-order chi connectivity index (χ0) is 14.5. The van der Waals surface area contributed by atoms with Crippen molar-refractivity contribution in [3.63, 3.8) is 0 Å². The molecule has 2 N–H and O–H groups in total. The van der Waals surface area contributed by atoms with Crippen LogP contribution in [0.4, 0.5) is 5.69 Å². The SMILES string of the molecule is CC(C(=O)N(C)c1ccncc1)C(N)c1ccccc1. The van der Waals surface area contributed by atoms with Crippen LogP contribution in [0.15, 0.2) is 54.9 Å². The van der Waals surface area contributed by atoms with Crippen molar-refractivity contribution in [2.45, 2.75) is 13.0 Å². The van der Waals surface area contributed by atoms with E-state index >= 15 is 0 Å². The van der Waals surface area contributed by atoms with Crippen LogP contribution in [-0.2, 0) is 4.79 Å². The summed E-state index contributed by atoms with van der Waals surface area (Å²) in [5.74, 6) is -0.303. The first kappa shape index (κ1) is 14.2. The predicted octanol–water partition coefficient (Wildman–Crippen LogP) is 2.38. The van der Waals surface area contributed by atoms with Crippen LogP contribution in [0.5, 0.6) is 0 Å². The van der Waals surface area contributed by atoms with Gasteiger partial charge in [-0.1, -0.05) is 37.3 Å². The van der Waals surface area contributed by atoms with Crippen LogP contribution in [0.3, 0.4) is 0 Å². The molecule has 20 heavy (non-hydrogen) atoms. The Bertz CT molecular complexity index is 556. The third kappa shape index (κ3) is 3.03. The standard InChI is InChI=1S/C16H19N3O/c1-12(15(17)13-6-4-3-5-7-13)16(20)19(2)14-8-10-18-11-9-14/h3-12,15H,17H2,1-2H3. The van der Waals surface area contributed by atoms with Gasteiger partial charge in [-0.15, -0.1) is 0 Å². The Morgan fingerprint density at radius 2 is 1.75 bits per heavy atom. The van der Waals surface area contributed by atoms with Crippen molar-refractivity contribution in [1.29, 1.82) is 0 Å². The van der Waals surface area contributed by atoms with E-state index in [1.54, 1.807) is 36.5 Å². The molecule has 1 amide bonds. The van der Waals surface area contributed by atoms with Gasteiger partial charge in [0.2, 0.25) is 5.91 Å². The molecule has 1 aromatic heterocycles. The molecule has 1 aromatic carbocycles. The number of rotatable bonds is 4. The van der Waals surface area contributed by atoms with Gasteiger partial charge in [0.15, 0.2) is 0 Å². The topological polar surface area (TPSA) is 59.2 Å². The average Bonchev–Trinajstić information content (AvgIpc) is 2.53. The first-order chi connectivity index (χ1) is 9.61. The van der Waals surface area contributed by atoms with Gasteiger partial charge in [-0.3, -0.25) is 9.78 Å². The molecular weight excluding hydrogens is 250 g/mol. The molecular formula is C16H19N3O. The summed E-state index contributed by atoms with van der Waals surface area (Å²) in [5.41, 5.74) is 7.98. The molecule has 2 unspecified atom stereocenters. The number of carbonyl (C=O) groups is 1. The summed E-state index contributed by atoms with van der Waals surface area (Å²) < 4.78 is 0. The average molecular weight is 269 g/mol. The van der Waals surface area contributed by atoms with Crippen molar-refractivity contribution < 1.29 is 4.79 Å². The van der Waals surface area contributed by atoms with Gasteiger partial charge in [0.25, 0.3) is 0 Å². The fourth-order valence-electron chi connectivity index (χ4n) is 2.12. The second-order valence-corrected chi connectivity index (χ2v) is 4.83. The van der Waals surface area contributed by atoms with Gasteiger partial charge in [0.1, 0.15) is 0 Å². The molecule has 0 aliphatic heterocycles. The number of hydrogen-bond donors (Lipinski definition) is 1. The van der Waals surface area contributed by atoms with E-state index in [-0.39, 0.29) is 17.9 Å². The molecule has 2 aromatic rings. The summed E-state index contributed by atoms with van der Waals surface area (Å²) in [5, 5.41) is 0. The van der Waals surface area contributed by atoms with E-state index in [1.165, 1.54) is 0 Å². The molecule has 4 heteroatoms. The molecule has 104 valence electrons. The molecule has 4 nitrogen and oxygen atoms in total. The molecule has 0 aliphatic rings. The number of carbonyl (C=O) groups excluding carboxylic acids is 1. The summed E-state index contributed by atoms with van der Waals surface area (Å²) in [7, 11) is 1.76. The Balaban J connectivity index is 2.13. The number of nitrogens with two attached hydrogens (primary N) is 1. The number of aromatic nitrogens is 1. The normalized spacial score (nSPS) is 13.6. The first-order valence-corrected chi connectivity index (χ1v) is 6.59. The quantitative estimate of drug-likeness (QED) is 0.927. The van der Waals surface area contributed by atoms with Crippen LogP contribution >= 0.6 is 0 Å². The molecule has 0 spiro atoms. The number of pyridine rings is 1. The van der Waals surface area contributed by atoms with E-state index in [0.29, 0.717) is 0 Å². The van der Waals surface area contributed by atoms with Crippen LogP contribution in [0, 0.1) is 5.92 Å². The number of nitrogens with zero attached hydrogens (tertiary/aromatic N) is 2. The van der Waals surface area contributed by atoms with E-state index in [4.69, 9.17) is 5.73 Å². The largest absolute Gasteiger partial charge is 0.323 e. The minimum absolute atomic E-state index is 0.00690. The lowest BCUT2D eigenvalue weighted by atomic mass is 9.94. The molecule has 2 rings (SSSR count). The molecule has 0 saturated heterocycles. The molecule has 2 atom stereocenters. The fourth-order valence-corrected chi connectivity index (χ4v) is 2.12. The minimum Gasteiger partial charge on any atom is -0.323 e. The Labute approximate surface area is 119 Å². The monoisotopic (exact) mass is 269 g/mol. The van der Waals surface area contributed by atoms with Crippen molar-refractivity contribution in [1.82, 2.24) is 4.98 Å². The maximum atomic E-state index is 12.5. The lowest BCUT2D eigenvalue weighted by molar-refractivity contribution is -0.122. The number of hydrogen-bond acceptors (Lipinski definition) is 3. The van der Waals surface area contributed by atoms with Crippen LogP contribution in [0.25, 0.3) is 0 Å². The summed E-state index contributed by atoms with van der Waals surface area (Å²) in [6.45, 7) is 1.86. The number of anilines is 1. The molecule has 1 heterocycles. The highest BCUT2D eigenvalue weighted by Gasteiger charge is 2.25. The molecule has 0 saturated carbocycles. The van der Waals surface area contributed by atoms with Crippen molar-refractivity contribution in [3.05, 3.63) is 60.4 Å². The third-order valence-corrected chi connectivity index (χ3v) is 3.49. The van der Waals surface area contributed by atoms with E-state index in [0.717, 1.165) is 11.3 Å². The highest BCUT2D eigenvalue weighted by Crippen LogP contribution is 2.22. The first-order valence-electron chi connectivity index (χ1n) is 6.59. The zero-order valence-electron chi connectivity index (χ0n) is 11.7. The summed E-state index contributed by atoms with van der Waals surface area (Å²) in [4.78, 5) is 18.1. The van der Waals surface area contributed by atoms with Crippen molar-refractivity contribution >= 4 is 11.6 Å². The summed E-state index contributed by atoms with van der Waals surface area (Å²) in [6, 6.07) is 13.0. The van der Waals surface area contributed by atoms with Gasteiger partial charge in [-0.2, -0.15) is 0 Å². The number of benzene rings is 1. The lowest BCUT2D eigenvalue weighted by Crippen LogP contribution is -2.37. The van der Waals surface area contributed by atoms with E-state index in [1.807, 2.05) is 37.3 Å². The Kier molecular flexibility index (Phi) is 4.48. The predicted molar refractivity (Wildman–Crippen MR) is 80.2 cm³/mol. The third-order valence-electron chi connectivity index (χ3n) is 3.49. The minimum atomic E-state index is -0.312. The summed E-state index contributed by atoms with van der Waals surface area (Å²) >= 11 is 0. The Morgan fingerprint density at radius 3 is 2.35 bits per heavy atom. The van der Waals surface area contributed by atoms with Crippen molar-refractivity contribution in [2.24, 2.45) is 11.7 Å². The number of amides is 1. The second-order valence-electron chi connectivity index (χ2n) is 4.83. The van der Waals surface area contributed by atoms with E-state index in [2.05, 4.69) is 4.98 Å². The van der Waals surface area contributed by atoms with Gasteiger partial charge >= 0.3 is 0 Å². The maximum absolute atomic E-state index is 12.5. The van der Waals surface area contributed by atoms with Crippen LogP contribution in [0.2, 0.25) is 0 Å². The highest BCUT2D eigenvalue weighted by atomic mass is 16.2. The van der Waals surface area contributed by atoms with Crippen molar-refractivity contribution in [3.8, 4) is 0 Å². The van der Waals surface area contributed by atoms with Crippen LogP contribution in [0.1, 0.15) is 18.5 Å². The second kappa shape index (κ2) is 6.30. The van der Waals surface area contributed by atoms with Gasteiger partial charge in [-0.05, 0) is 17.7 Å². The molecule has 0 radical (unpaired) electrons. The van der Waals surface area contributed by atoms with Gasteiger partial charge in [0, 0.05) is 31.2 Å². The van der Waals surface area contributed by atoms with Crippen LogP contribution < -0.4 is 10.6 Å². The van der Waals surface area contributed by atoms with E-state index < -0.39 is 0 Å². The Hall–Kier alpha value is -2.20. The van der Waals surface area contributed by atoms with Crippen molar-refractivity contribution in [2.75, 3.05) is 11.9 Å². The van der Waals surface area contributed by atoms with Gasteiger partial charge in [0.05, 0.1) is 5.92 Å². The maximum Gasteiger partial charge on any atom is 0.231 e. The highest BCUT2D eigenvalue weighted by molar-refractivity contribution is 5.94. The van der Waals surface area contributed by atoms with Gasteiger partial charge in [-0.25, -0.2) is 0 Å². The zero-order valence-corrected chi connectivity index (χ0v) is 11.7. The van der Waals surface area contributed by atoms with E-state index in [9.17, 15) is 4.79 Å². The molecule has 0 bridgehead atoms.